The molecule has 1 fully saturated rings. The molecule has 162 valence electrons. The van der Waals surface area contributed by atoms with E-state index in [9.17, 15) is 9.59 Å². The Morgan fingerprint density at radius 3 is 2.58 bits per heavy atom. The van der Waals surface area contributed by atoms with Gasteiger partial charge in [0.15, 0.2) is 5.17 Å². The first-order valence-corrected chi connectivity index (χ1v) is 11.2. The molecule has 8 heteroatoms. The number of ether oxygens (including phenoxy) is 2. The molecule has 0 saturated carbocycles. The van der Waals surface area contributed by atoms with Crippen molar-refractivity contribution in [1.29, 1.82) is 0 Å². The predicted octanol–water partition coefficient (Wildman–Crippen LogP) is 3.41. The number of methoxy groups -OCH3 is 2. The second kappa shape index (κ2) is 9.43. The fraction of sp³-hybridized carbons (Fsp3) is 0.348. The van der Waals surface area contributed by atoms with Crippen molar-refractivity contribution in [2.75, 3.05) is 31.4 Å². The van der Waals surface area contributed by atoms with Crippen molar-refractivity contribution in [3.8, 4) is 11.5 Å². The van der Waals surface area contributed by atoms with Crippen molar-refractivity contribution in [2.24, 2.45) is 10.9 Å². The van der Waals surface area contributed by atoms with Crippen LogP contribution in [0.1, 0.15) is 24.4 Å². The van der Waals surface area contributed by atoms with Gasteiger partial charge in [0.05, 0.1) is 32.7 Å². The number of hydrogen-bond donors (Lipinski definition) is 1. The summed E-state index contributed by atoms with van der Waals surface area (Å²) in [6.45, 7) is 0.706. The Labute approximate surface area is 185 Å². The number of rotatable bonds is 5. The van der Waals surface area contributed by atoms with Gasteiger partial charge in [-0.15, -0.1) is 0 Å². The summed E-state index contributed by atoms with van der Waals surface area (Å²) in [6.07, 6.45) is 0.743. The molecule has 0 unspecified atom stereocenters. The lowest BCUT2D eigenvalue weighted by Gasteiger charge is -2.41. The number of hydrogen-bond acceptors (Lipinski definition) is 6. The van der Waals surface area contributed by atoms with Crippen LogP contribution in [0.4, 0.5) is 5.69 Å². The van der Waals surface area contributed by atoms with Crippen LogP contribution in [0, 0.1) is 5.92 Å². The van der Waals surface area contributed by atoms with E-state index in [1.807, 2.05) is 48.5 Å². The maximum atomic E-state index is 13.3. The number of anilines is 1. The van der Waals surface area contributed by atoms with Gasteiger partial charge in [0.1, 0.15) is 11.5 Å². The summed E-state index contributed by atoms with van der Waals surface area (Å²) in [5, 5.41) is 3.62. The molecule has 0 radical (unpaired) electrons. The second-order valence-corrected chi connectivity index (χ2v) is 8.40. The van der Waals surface area contributed by atoms with Crippen LogP contribution in [-0.4, -0.2) is 43.5 Å². The second-order valence-electron chi connectivity index (χ2n) is 7.32. The lowest BCUT2D eigenvalue weighted by Crippen LogP contribution is -2.49. The third kappa shape index (κ3) is 4.39. The highest BCUT2D eigenvalue weighted by molar-refractivity contribution is 8.14. The summed E-state index contributed by atoms with van der Waals surface area (Å²) in [7, 11) is 3.20. The third-order valence-corrected chi connectivity index (χ3v) is 6.45. The van der Waals surface area contributed by atoms with Crippen molar-refractivity contribution >= 4 is 34.4 Å². The molecule has 31 heavy (non-hydrogen) atoms. The Kier molecular flexibility index (Phi) is 6.46. The van der Waals surface area contributed by atoms with E-state index in [2.05, 4.69) is 10.3 Å². The van der Waals surface area contributed by atoms with E-state index in [-0.39, 0.29) is 18.2 Å². The van der Waals surface area contributed by atoms with Crippen LogP contribution in [0.5, 0.6) is 11.5 Å². The average Bonchev–Trinajstić information content (AvgIpc) is 3.32. The van der Waals surface area contributed by atoms with E-state index in [0.29, 0.717) is 35.3 Å². The number of para-hydroxylation sites is 1. The first-order chi connectivity index (χ1) is 15.1. The third-order valence-electron chi connectivity index (χ3n) is 5.56. The summed E-state index contributed by atoms with van der Waals surface area (Å²) in [4.78, 5) is 32.5. The normalized spacial score (nSPS) is 20.9. The van der Waals surface area contributed by atoms with E-state index >= 15 is 0 Å². The first-order valence-electron chi connectivity index (χ1n) is 10.2. The Morgan fingerprint density at radius 1 is 1.13 bits per heavy atom. The molecule has 0 aliphatic carbocycles. The van der Waals surface area contributed by atoms with Gasteiger partial charge in [0, 0.05) is 23.4 Å². The maximum absolute atomic E-state index is 13.3. The maximum Gasteiger partial charge on any atom is 0.231 e. The quantitative estimate of drug-likeness (QED) is 0.772. The van der Waals surface area contributed by atoms with Crippen molar-refractivity contribution in [2.45, 2.75) is 18.9 Å². The highest BCUT2D eigenvalue weighted by Crippen LogP contribution is 2.43. The highest BCUT2D eigenvalue weighted by atomic mass is 32.2. The topological polar surface area (TPSA) is 80.2 Å². The molecule has 2 heterocycles. The fourth-order valence-corrected chi connectivity index (χ4v) is 4.82. The number of thioether (sulfide) groups is 1. The Bertz CT molecular complexity index is 993. The molecule has 0 aromatic heterocycles. The van der Waals surface area contributed by atoms with Crippen LogP contribution in [-0.2, 0) is 9.59 Å². The molecule has 0 bridgehead atoms. The zero-order chi connectivity index (χ0) is 21.8. The van der Waals surface area contributed by atoms with Crippen molar-refractivity contribution in [3.63, 3.8) is 0 Å². The van der Waals surface area contributed by atoms with Crippen molar-refractivity contribution < 1.29 is 19.1 Å². The van der Waals surface area contributed by atoms with E-state index in [1.54, 1.807) is 30.9 Å². The minimum atomic E-state index is -0.502. The Hall–Kier alpha value is -3.00. The minimum absolute atomic E-state index is 0.0299. The molecular formula is C23H25N3O4S. The molecule has 2 aromatic rings. The molecule has 2 aliphatic heterocycles. The van der Waals surface area contributed by atoms with Gasteiger partial charge < -0.3 is 19.7 Å². The van der Waals surface area contributed by atoms with Crippen LogP contribution in [0.15, 0.2) is 53.5 Å². The van der Waals surface area contributed by atoms with Gasteiger partial charge in [-0.3, -0.25) is 14.6 Å². The van der Waals surface area contributed by atoms with Crippen LogP contribution in [0.25, 0.3) is 0 Å². The minimum Gasteiger partial charge on any atom is -0.497 e. The smallest absolute Gasteiger partial charge is 0.231 e. The number of piperidine rings is 1. The SMILES string of the molecule is COc1ccc(N2C(=O)CC[C@@H](C(=O)NC3=NCCS3)[C@@H]2c2ccccc2OC)cc1. The van der Waals surface area contributed by atoms with Gasteiger partial charge >= 0.3 is 0 Å². The average molecular weight is 440 g/mol. The summed E-state index contributed by atoms with van der Waals surface area (Å²) >= 11 is 1.54. The standard InChI is InChI=1S/C23H25N3O4S/c1-29-16-9-7-15(8-10-16)26-20(27)12-11-18(22(28)25-23-24-13-14-31-23)21(26)17-5-3-4-6-19(17)30-2/h3-10,18,21H,11-14H2,1-2H3,(H,24,25,28)/t18-,21+/m1/s1. The fourth-order valence-electron chi connectivity index (χ4n) is 4.09. The molecule has 2 atom stereocenters. The summed E-state index contributed by atoms with van der Waals surface area (Å²) < 4.78 is 10.9. The van der Waals surface area contributed by atoms with Gasteiger partial charge in [-0.2, -0.15) is 0 Å². The van der Waals surface area contributed by atoms with Crippen LogP contribution < -0.4 is 19.7 Å². The van der Waals surface area contributed by atoms with Gasteiger partial charge in [-0.1, -0.05) is 30.0 Å². The molecule has 1 N–H and O–H groups in total. The molecule has 1 saturated heterocycles. The number of carbonyl (C=O) groups is 2. The molecule has 2 aromatic carbocycles. The van der Waals surface area contributed by atoms with Crippen molar-refractivity contribution in [1.82, 2.24) is 5.32 Å². The highest BCUT2D eigenvalue weighted by Gasteiger charge is 2.43. The zero-order valence-electron chi connectivity index (χ0n) is 17.5. The first kappa shape index (κ1) is 21.2. The lowest BCUT2D eigenvalue weighted by atomic mass is 9.82. The largest absolute Gasteiger partial charge is 0.497 e. The number of carbonyl (C=O) groups excluding carboxylic acids is 2. The zero-order valence-corrected chi connectivity index (χ0v) is 18.4. The summed E-state index contributed by atoms with van der Waals surface area (Å²) in [6, 6.07) is 14.4. The Balaban J connectivity index is 1.76. The van der Waals surface area contributed by atoms with Gasteiger partial charge in [-0.05, 0) is 36.8 Å². The monoisotopic (exact) mass is 439 g/mol. The Morgan fingerprint density at radius 2 is 1.90 bits per heavy atom. The van der Waals surface area contributed by atoms with Crippen molar-refractivity contribution in [3.05, 3.63) is 54.1 Å². The number of benzene rings is 2. The van der Waals surface area contributed by atoms with Gasteiger partial charge in [0.25, 0.3) is 0 Å². The van der Waals surface area contributed by atoms with E-state index < -0.39 is 12.0 Å². The van der Waals surface area contributed by atoms with Crippen LogP contribution in [0.3, 0.4) is 0 Å². The van der Waals surface area contributed by atoms with E-state index in [1.165, 1.54) is 0 Å². The molecular weight excluding hydrogens is 414 g/mol. The predicted molar refractivity (Wildman–Crippen MR) is 122 cm³/mol. The number of amides is 2. The number of nitrogens with one attached hydrogen (secondary N) is 1. The van der Waals surface area contributed by atoms with Gasteiger partial charge in [0.2, 0.25) is 11.8 Å². The van der Waals surface area contributed by atoms with E-state index in [0.717, 1.165) is 11.3 Å². The molecule has 4 rings (SSSR count). The number of nitrogens with zero attached hydrogens (tertiary/aromatic N) is 2. The number of aliphatic imine (C=N–C) groups is 1. The molecule has 2 amide bonds. The number of amidine groups is 1. The lowest BCUT2D eigenvalue weighted by molar-refractivity contribution is -0.128. The van der Waals surface area contributed by atoms with Gasteiger partial charge in [-0.25, -0.2) is 0 Å². The molecule has 2 aliphatic rings. The molecule has 7 nitrogen and oxygen atoms in total. The summed E-state index contributed by atoms with van der Waals surface area (Å²) in [5.74, 6) is 1.61. The summed E-state index contributed by atoms with van der Waals surface area (Å²) in [5.41, 5.74) is 1.52. The van der Waals surface area contributed by atoms with E-state index in [4.69, 9.17) is 9.47 Å². The van der Waals surface area contributed by atoms with Crippen LogP contribution in [0.2, 0.25) is 0 Å². The molecule has 0 spiro atoms. The van der Waals surface area contributed by atoms with Crippen LogP contribution >= 0.6 is 11.8 Å².